The Kier molecular flexibility index (Phi) is 4.37. The van der Waals surface area contributed by atoms with E-state index in [4.69, 9.17) is 21.1 Å². The molecular formula is C23H13ClFNO4. The fourth-order valence-electron chi connectivity index (χ4n) is 3.77. The Morgan fingerprint density at radius 3 is 2.77 bits per heavy atom. The summed E-state index contributed by atoms with van der Waals surface area (Å²) in [6.07, 6.45) is 4.85. The molecule has 1 aromatic heterocycles. The molecule has 0 spiro atoms. The molecule has 0 N–H and O–H groups in total. The number of aromatic nitrogens is 1. The number of ketones is 1. The number of carbonyl (C=O) groups is 2. The fourth-order valence-corrected chi connectivity index (χ4v) is 4.07. The molecule has 3 aromatic rings. The van der Waals surface area contributed by atoms with E-state index < -0.39 is 17.7 Å². The maximum Gasteiger partial charge on any atom is 0.312 e. The Bertz CT molecular complexity index is 1240. The highest BCUT2D eigenvalue weighted by atomic mass is 35.5. The molecule has 5 rings (SSSR count). The summed E-state index contributed by atoms with van der Waals surface area (Å²) in [6, 6.07) is 10.7. The molecule has 7 heteroatoms. The van der Waals surface area contributed by atoms with E-state index in [1.54, 1.807) is 42.7 Å². The number of allylic oxidation sites excluding steroid dienone is 1. The zero-order valence-corrected chi connectivity index (χ0v) is 16.2. The molecule has 5 nitrogen and oxygen atoms in total. The Morgan fingerprint density at radius 2 is 2.00 bits per heavy atom. The van der Waals surface area contributed by atoms with Crippen LogP contribution in [0.4, 0.5) is 4.39 Å². The van der Waals surface area contributed by atoms with Gasteiger partial charge >= 0.3 is 5.97 Å². The zero-order valence-electron chi connectivity index (χ0n) is 15.4. The number of ether oxygens (including phenoxy) is 2. The summed E-state index contributed by atoms with van der Waals surface area (Å²) in [5, 5.41) is 0.189. The molecule has 0 bridgehead atoms. The number of hydrogen-bond donors (Lipinski definition) is 0. The molecule has 0 aliphatic carbocycles. The minimum atomic E-state index is -0.533. The van der Waals surface area contributed by atoms with Gasteiger partial charge in [-0.2, -0.15) is 0 Å². The number of hydrogen-bond acceptors (Lipinski definition) is 5. The molecule has 3 heterocycles. The number of benzene rings is 2. The standard InChI is InChI=1S/C23H13ClFNO4/c24-17-9-13(25)3-4-14(17)16-10-20(27)29-18-6-5-15-22(28)19(30-23(15)21(16)18)8-12-2-1-7-26-11-12/h1-9,11,16H,10H2. The van der Waals surface area contributed by atoms with Crippen LogP contribution in [0.5, 0.6) is 11.5 Å². The summed E-state index contributed by atoms with van der Waals surface area (Å²) in [5.74, 6) is -0.965. The normalized spacial score (nSPS) is 18.6. The van der Waals surface area contributed by atoms with Gasteiger partial charge in [0.2, 0.25) is 5.78 Å². The largest absolute Gasteiger partial charge is 0.452 e. The van der Waals surface area contributed by atoms with Gasteiger partial charge in [-0.1, -0.05) is 23.7 Å². The van der Waals surface area contributed by atoms with Gasteiger partial charge in [0.25, 0.3) is 0 Å². The lowest BCUT2D eigenvalue weighted by Crippen LogP contribution is -2.21. The maximum absolute atomic E-state index is 13.6. The number of esters is 1. The first kappa shape index (κ1) is 18.5. The number of carbonyl (C=O) groups excluding carboxylic acids is 2. The van der Waals surface area contributed by atoms with Gasteiger partial charge in [0.15, 0.2) is 5.76 Å². The van der Waals surface area contributed by atoms with Crippen molar-refractivity contribution in [3.63, 3.8) is 0 Å². The summed E-state index contributed by atoms with van der Waals surface area (Å²) in [7, 11) is 0. The van der Waals surface area contributed by atoms with Gasteiger partial charge in [0.05, 0.1) is 12.0 Å². The number of nitrogens with zero attached hydrogens (tertiary/aromatic N) is 1. The number of Topliss-reactive ketones (excluding diaryl/α,β-unsaturated/α-hetero) is 1. The summed E-state index contributed by atoms with van der Waals surface area (Å²) in [4.78, 5) is 29.1. The number of rotatable bonds is 2. The van der Waals surface area contributed by atoms with Crippen molar-refractivity contribution < 1.29 is 23.5 Å². The lowest BCUT2D eigenvalue weighted by Gasteiger charge is -2.26. The molecule has 0 radical (unpaired) electrons. The fraction of sp³-hybridized carbons (Fsp3) is 0.0870. The zero-order chi connectivity index (χ0) is 20.8. The minimum Gasteiger partial charge on any atom is -0.452 e. The lowest BCUT2D eigenvalue weighted by molar-refractivity contribution is -0.135. The third-order valence-corrected chi connectivity index (χ3v) is 5.43. The van der Waals surface area contributed by atoms with Crippen LogP contribution in [0.2, 0.25) is 5.02 Å². The molecule has 1 atom stereocenters. The van der Waals surface area contributed by atoms with Crippen LogP contribution in [-0.4, -0.2) is 16.7 Å². The molecule has 0 saturated heterocycles. The van der Waals surface area contributed by atoms with Gasteiger partial charge in [-0.15, -0.1) is 0 Å². The van der Waals surface area contributed by atoms with Crippen LogP contribution >= 0.6 is 11.6 Å². The first-order valence-corrected chi connectivity index (χ1v) is 9.56. The summed E-state index contributed by atoms with van der Waals surface area (Å²) in [6.45, 7) is 0. The molecule has 1 unspecified atom stereocenters. The molecule has 148 valence electrons. The molecule has 0 fully saturated rings. The molecule has 2 aliphatic rings. The summed E-state index contributed by atoms with van der Waals surface area (Å²) >= 11 is 6.27. The highest BCUT2D eigenvalue weighted by molar-refractivity contribution is 6.31. The molecule has 2 aromatic carbocycles. The highest BCUT2D eigenvalue weighted by Crippen LogP contribution is 2.50. The van der Waals surface area contributed by atoms with Gasteiger partial charge < -0.3 is 9.47 Å². The van der Waals surface area contributed by atoms with E-state index in [2.05, 4.69) is 4.98 Å². The van der Waals surface area contributed by atoms with E-state index in [9.17, 15) is 14.0 Å². The number of halogens is 2. The first-order valence-electron chi connectivity index (χ1n) is 9.18. The second-order valence-electron chi connectivity index (χ2n) is 6.98. The van der Waals surface area contributed by atoms with Gasteiger partial charge in [-0.25, -0.2) is 4.39 Å². The summed E-state index contributed by atoms with van der Waals surface area (Å²) in [5.41, 5.74) is 2.19. The third kappa shape index (κ3) is 3.06. The topological polar surface area (TPSA) is 65.5 Å². The monoisotopic (exact) mass is 421 g/mol. The van der Waals surface area contributed by atoms with Gasteiger partial charge in [-0.3, -0.25) is 14.6 Å². The van der Waals surface area contributed by atoms with Crippen LogP contribution in [0.3, 0.4) is 0 Å². The minimum absolute atomic E-state index is 0.00594. The molecule has 0 amide bonds. The molecule has 30 heavy (non-hydrogen) atoms. The maximum atomic E-state index is 13.6. The second kappa shape index (κ2) is 7.07. The quantitative estimate of drug-likeness (QED) is 0.333. The van der Waals surface area contributed by atoms with E-state index in [-0.39, 0.29) is 23.0 Å². The van der Waals surface area contributed by atoms with Crippen molar-refractivity contribution in [2.45, 2.75) is 12.3 Å². The van der Waals surface area contributed by atoms with E-state index in [1.807, 2.05) is 0 Å². The third-order valence-electron chi connectivity index (χ3n) is 5.10. The highest BCUT2D eigenvalue weighted by Gasteiger charge is 2.39. The Labute approximate surface area is 175 Å². The van der Waals surface area contributed by atoms with Crippen molar-refractivity contribution in [2.24, 2.45) is 0 Å². The van der Waals surface area contributed by atoms with Crippen molar-refractivity contribution in [3.05, 3.63) is 93.7 Å². The van der Waals surface area contributed by atoms with E-state index in [0.717, 1.165) is 0 Å². The average Bonchev–Trinajstić information content (AvgIpc) is 3.03. The van der Waals surface area contributed by atoms with E-state index >= 15 is 0 Å². The van der Waals surface area contributed by atoms with Gasteiger partial charge in [0.1, 0.15) is 17.3 Å². The van der Waals surface area contributed by atoms with Crippen LogP contribution in [0, 0.1) is 5.82 Å². The Hall–Kier alpha value is -3.51. The Balaban J connectivity index is 1.64. The molecule has 2 aliphatic heterocycles. The van der Waals surface area contributed by atoms with Crippen LogP contribution in [0.1, 0.15) is 39.4 Å². The van der Waals surface area contributed by atoms with Crippen LogP contribution in [0.25, 0.3) is 6.08 Å². The predicted molar refractivity (Wildman–Crippen MR) is 107 cm³/mol. The number of pyridine rings is 1. The molecular weight excluding hydrogens is 409 g/mol. The van der Waals surface area contributed by atoms with Crippen molar-refractivity contribution in [3.8, 4) is 11.5 Å². The van der Waals surface area contributed by atoms with Crippen LogP contribution in [-0.2, 0) is 4.79 Å². The van der Waals surface area contributed by atoms with Crippen molar-refractivity contribution in [1.82, 2.24) is 4.98 Å². The van der Waals surface area contributed by atoms with Gasteiger partial charge in [0, 0.05) is 28.9 Å². The van der Waals surface area contributed by atoms with E-state index in [0.29, 0.717) is 33.8 Å². The smallest absolute Gasteiger partial charge is 0.312 e. The number of fused-ring (bicyclic) bond motifs is 3. The van der Waals surface area contributed by atoms with E-state index in [1.165, 1.54) is 18.2 Å². The van der Waals surface area contributed by atoms with Crippen LogP contribution in [0.15, 0.2) is 60.6 Å². The SMILES string of the molecule is O=C1CC(c2ccc(F)cc2Cl)c2c(ccc3c2OC(=Cc2cccnc2)C3=O)O1. The first-order chi connectivity index (χ1) is 14.5. The average molecular weight is 422 g/mol. The second-order valence-corrected chi connectivity index (χ2v) is 7.38. The summed E-state index contributed by atoms with van der Waals surface area (Å²) < 4.78 is 24.9. The molecule has 0 saturated carbocycles. The van der Waals surface area contributed by atoms with Crippen molar-refractivity contribution in [1.29, 1.82) is 0 Å². The van der Waals surface area contributed by atoms with Crippen LogP contribution < -0.4 is 9.47 Å². The Morgan fingerprint density at radius 1 is 1.13 bits per heavy atom. The van der Waals surface area contributed by atoms with Gasteiger partial charge in [-0.05, 0) is 47.5 Å². The van der Waals surface area contributed by atoms with Crippen molar-refractivity contribution in [2.75, 3.05) is 0 Å². The van der Waals surface area contributed by atoms with Crippen molar-refractivity contribution >= 4 is 29.4 Å². The predicted octanol–water partition coefficient (Wildman–Crippen LogP) is 4.93. The lowest BCUT2D eigenvalue weighted by atomic mass is 9.84.